The fourth-order valence-electron chi connectivity index (χ4n) is 1.24. The average Bonchev–Trinajstić information content (AvgIpc) is 2.15. The molecule has 0 fully saturated rings. The smallest absolute Gasteiger partial charge is 0.417 e. The van der Waals surface area contributed by atoms with E-state index in [0.717, 1.165) is 14.0 Å². The summed E-state index contributed by atoms with van der Waals surface area (Å²) >= 11 is 0. The van der Waals surface area contributed by atoms with Gasteiger partial charge in [0.15, 0.2) is 17.3 Å². The number of Topliss-reactive ketones (excluding diaryl/α,β-unsaturated/α-hetero) is 1. The van der Waals surface area contributed by atoms with E-state index in [1.807, 2.05) is 0 Å². The molecule has 0 aromatic heterocycles. The fourth-order valence-corrected chi connectivity index (χ4v) is 1.24. The molecule has 6 heteroatoms. The van der Waals surface area contributed by atoms with Crippen LogP contribution in [0.5, 0.6) is 5.75 Å². The maximum atomic E-state index is 13.1. The number of benzene rings is 1. The van der Waals surface area contributed by atoms with Crippen LogP contribution in [0.3, 0.4) is 0 Å². The Hall–Kier alpha value is -1.59. The molecule has 0 aliphatic rings. The standard InChI is InChI=1S/C10H8F4O2/c1-5(15)6-3-8(11)9(16-2)4-7(6)10(12,13)14/h3-4H,1-2H3. The van der Waals surface area contributed by atoms with E-state index < -0.39 is 34.7 Å². The Balaban J connectivity index is 3.49. The summed E-state index contributed by atoms with van der Waals surface area (Å²) in [5.41, 5.74) is -1.90. The van der Waals surface area contributed by atoms with Crippen molar-refractivity contribution in [1.29, 1.82) is 0 Å². The van der Waals surface area contributed by atoms with Gasteiger partial charge < -0.3 is 4.74 Å². The minimum absolute atomic E-state index is 0.478. The number of rotatable bonds is 2. The van der Waals surface area contributed by atoms with Gasteiger partial charge in [-0.05, 0) is 19.1 Å². The summed E-state index contributed by atoms with van der Waals surface area (Å²) in [6, 6.07) is 1.01. The summed E-state index contributed by atoms with van der Waals surface area (Å²) in [7, 11) is 1.05. The number of carbonyl (C=O) groups is 1. The van der Waals surface area contributed by atoms with Gasteiger partial charge in [0, 0.05) is 5.56 Å². The molecular formula is C10H8F4O2. The van der Waals surface area contributed by atoms with Crippen LogP contribution in [0.15, 0.2) is 12.1 Å². The molecule has 2 nitrogen and oxygen atoms in total. The van der Waals surface area contributed by atoms with Gasteiger partial charge in [-0.3, -0.25) is 4.79 Å². The largest absolute Gasteiger partial charge is 0.494 e. The van der Waals surface area contributed by atoms with E-state index in [9.17, 15) is 22.4 Å². The quantitative estimate of drug-likeness (QED) is 0.582. The zero-order chi connectivity index (χ0) is 12.5. The molecule has 0 unspecified atom stereocenters. The summed E-state index contributed by atoms with van der Waals surface area (Å²) in [4.78, 5) is 11.0. The Bertz CT molecular complexity index is 424. The van der Waals surface area contributed by atoms with Gasteiger partial charge in [0.1, 0.15) is 0 Å². The SMILES string of the molecule is COc1cc(C(F)(F)F)c(C(C)=O)cc1F. The van der Waals surface area contributed by atoms with Crippen molar-refractivity contribution in [3.8, 4) is 5.75 Å². The van der Waals surface area contributed by atoms with Crippen molar-refractivity contribution >= 4 is 5.78 Å². The topological polar surface area (TPSA) is 26.3 Å². The molecule has 0 amide bonds. The number of ether oxygens (including phenoxy) is 1. The predicted molar refractivity (Wildman–Crippen MR) is 48.0 cm³/mol. The van der Waals surface area contributed by atoms with Crippen molar-refractivity contribution in [2.45, 2.75) is 13.1 Å². The number of alkyl halides is 3. The zero-order valence-corrected chi connectivity index (χ0v) is 8.48. The number of carbonyl (C=O) groups excluding carboxylic acids is 1. The summed E-state index contributed by atoms with van der Waals surface area (Å²) in [6.45, 7) is 0.941. The van der Waals surface area contributed by atoms with Crippen molar-refractivity contribution in [1.82, 2.24) is 0 Å². The van der Waals surface area contributed by atoms with E-state index in [-0.39, 0.29) is 0 Å². The van der Waals surface area contributed by atoms with Crippen LogP contribution in [-0.4, -0.2) is 12.9 Å². The van der Waals surface area contributed by atoms with E-state index >= 15 is 0 Å². The molecule has 0 saturated carbocycles. The average molecular weight is 236 g/mol. The number of methoxy groups -OCH3 is 1. The van der Waals surface area contributed by atoms with Crippen LogP contribution in [0.2, 0.25) is 0 Å². The molecule has 0 heterocycles. The van der Waals surface area contributed by atoms with Gasteiger partial charge in [0.05, 0.1) is 12.7 Å². The Morgan fingerprint density at radius 1 is 1.31 bits per heavy atom. The van der Waals surface area contributed by atoms with Crippen LogP contribution in [0.25, 0.3) is 0 Å². The predicted octanol–water partition coefficient (Wildman–Crippen LogP) is 3.06. The van der Waals surface area contributed by atoms with Crippen LogP contribution in [0.1, 0.15) is 22.8 Å². The van der Waals surface area contributed by atoms with E-state index in [2.05, 4.69) is 4.74 Å². The second-order valence-corrected chi connectivity index (χ2v) is 3.09. The maximum Gasteiger partial charge on any atom is 0.417 e. The zero-order valence-electron chi connectivity index (χ0n) is 8.48. The fraction of sp³-hybridized carbons (Fsp3) is 0.300. The molecule has 0 spiro atoms. The molecular weight excluding hydrogens is 228 g/mol. The highest BCUT2D eigenvalue weighted by Gasteiger charge is 2.35. The van der Waals surface area contributed by atoms with Gasteiger partial charge in [0.25, 0.3) is 0 Å². The lowest BCUT2D eigenvalue weighted by Gasteiger charge is -2.13. The molecule has 16 heavy (non-hydrogen) atoms. The van der Waals surface area contributed by atoms with Crippen LogP contribution < -0.4 is 4.74 Å². The first-order valence-electron chi connectivity index (χ1n) is 4.23. The maximum absolute atomic E-state index is 13.1. The van der Waals surface area contributed by atoms with Gasteiger partial charge in [-0.15, -0.1) is 0 Å². The van der Waals surface area contributed by atoms with Crippen molar-refractivity contribution in [2.24, 2.45) is 0 Å². The molecule has 0 aliphatic heterocycles. The van der Waals surface area contributed by atoms with Crippen molar-refractivity contribution in [2.75, 3.05) is 7.11 Å². The Kier molecular flexibility index (Phi) is 3.21. The summed E-state index contributed by atoms with van der Waals surface area (Å²) in [5.74, 6) is -2.40. The van der Waals surface area contributed by atoms with E-state index in [4.69, 9.17) is 0 Å². The Morgan fingerprint density at radius 3 is 2.25 bits per heavy atom. The number of hydrogen-bond acceptors (Lipinski definition) is 2. The monoisotopic (exact) mass is 236 g/mol. The number of halogens is 4. The van der Waals surface area contributed by atoms with Crippen molar-refractivity contribution < 1.29 is 27.1 Å². The minimum atomic E-state index is -4.72. The molecule has 0 aliphatic carbocycles. The molecule has 0 saturated heterocycles. The second kappa shape index (κ2) is 4.11. The second-order valence-electron chi connectivity index (χ2n) is 3.09. The highest BCUT2D eigenvalue weighted by molar-refractivity contribution is 5.96. The summed E-state index contributed by atoms with van der Waals surface area (Å²) in [6.07, 6.45) is -4.72. The molecule has 0 radical (unpaired) electrons. The van der Waals surface area contributed by atoms with Gasteiger partial charge in [-0.1, -0.05) is 0 Å². The highest BCUT2D eigenvalue weighted by Crippen LogP contribution is 2.35. The van der Waals surface area contributed by atoms with Crippen molar-refractivity contribution in [3.05, 3.63) is 29.1 Å². The third-order valence-corrected chi connectivity index (χ3v) is 1.98. The van der Waals surface area contributed by atoms with Crippen LogP contribution in [0, 0.1) is 5.82 Å². The molecule has 1 aromatic carbocycles. The van der Waals surface area contributed by atoms with Crippen LogP contribution >= 0.6 is 0 Å². The van der Waals surface area contributed by atoms with E-state index in [1.54, 1.807) is 0 Å². The van der Waals surface area contributed by atoms with Crippen molar-refractivity contribution in [3.63, 3.8) is 0 Å². The Labute approximate surface area is 88.8 Å². The number of hydrogen-bond donors (Lipinski definition) is 0. The molecule has 1 aromatic rings. The summed E-state index contributed by atoms with van der Waals surface area (Å²) < 4.78 is 55.1. The molecule has 1 rings (SSSR count). The summed E-state index contributed by atoms with van der Waals surface area (Å²) in [5, 5.41) is 0. The lowest BCUT2D eigenvalue weighted by atomic mass is 10.0. The lowest BCUT2D eigenvalue weighted by molar-refractivity contribution is -0.138. The molecule has 0 atom stereocenters. The molecule has 0 N–H and O–H groups in total. The van der Waals surface area contributed by atoms with E-state index in [0.29, 0.717) is 12.1 Å². The van der Waals surface area contributed by atoms with Crippen LogP contribution in [-0.2, 0) is 6.18 Å². The minimum Gasteiger partial charge on any atom is -0.494 e. The first-order chi connectivity index (χ1) is 7.27. The molecule has 88 valence electrons. The first kappa shape index (κ1) is 12.5. The van der Waals surface area contributed by atoms with E-state index in [1.165, 1.54) is 0 Å². The van der Waals surface area contributed by atoms with Gasteiger partial charge in [-0.25, -0.2) is 4.39 Å². The first-order valence-corrected chi connectivity index (χ1v) is 4.23. The molecule has 0 bridgehead atoms. The van der Waals surface area contributed by atoms with Gasteiger partial charge in [-0.2, -0.15) is 13.2 Å². The van der Waals surface area contributed by atoms with Gasteiger partial charge >= 0.3 is 6.18 Å². The lowest BCUT2D eigenvalue weighted by Crippen LogP contribution is -2.12. The van der Waals surface area contributed by atoms with Crippen LogP contribution in [0.4, 0.5) is 17.6 Å². The Morgan fingerprint density at radius 2 is 1.88 bits per heavy atom. The highest BCUT2D eigenvalue weighted by atomic mass is 19.4. The third kappa shape index (κ3) is 2.32. The third-order valence-electron chi connectivity index (χ3n) is 1.98. The van der Waals surface area contributed by atoms with Gasteiger partial charge in [0.2, 0.25) is 0 Å². The normalized spacial score (nSPS) is 11.4. The number of ketones is 1.